The molecule has 4 heteroatoms. The molecule has 1 aliphatic carbocycles. The van der Waals surface area contributed by atoms with Crippen molar-refractivity contribution in [3.63, 3.8) is 0 Å². The highest BCUT2D eigenvalue weighted by molar-refractivity contribution is 4.84. The summed E-state index contributed by atoms with van der Waals surface area (Å²) in [5.41, 5.74) is 0.0308. The third kappa shape index (κ3) is 3.16. The van der Waals surface area contributed by atoms with E-state index in [1.165, 1.54) is 25.1 Å². The van der Waals surface area contributed by atoms with Gasteiger partial charge in [-0.1, -0.05) is 6.92 Å². The first kappa shape index (κ1) is 10.4. The van der Waals surface area contributed by atoms with Gasteiger partial charge < -0.3 is 5.32 Å². The van der Waals surface area contributed by atoms with Crippen molar-refractivity contribution in [3.05, 3.63) is 28.9 Å². The average Bonchev–Trinajstić information content (AvgIpc) is 3.02. The molecular weight excluding hydrogens is 190 g/mol. The summed E-state index contributed by atoms with van der Waals surface area (Å²) < 4.78 is 1.67. The topological polar surface area (TPSA) is 46.9 Å². The molecule has 1 N–H and O–H groups in total. The third-order valence-corrected chi connectivity index (χ3v) is 2.63. The Morgan fingerprint density at radius 2 is 2.47 bits per heavy atom. The van der Waals surface area contributed by atoms with Crippen LogP contribution in [0.4, 0.5) is 0 Å². The number of hydrogen-bond donors (Lipinski definition) is 1. The van der Waals surface area contributed by atoms with Crippen molar-refractivity contribution < 1.29 is 0 Å². The smallest absolute Gasteiger partial charge is 0.253 e. The van der Waals surface area contributed by atoms with Crippen LogP contribution in [0.3, 0.4) is 0 Å². The quantitative estimate of drug-likeness (QED) is 0.770. The lowest BCUT2D eigenvalue weighted by Crippen LogP contribution is -2.29. The standard InChI is InChI=1S/C11H17N3O/c1-9(6-13-10-2-3-10)7-14-8-12-5-4-11(14)15/h4-5,8-10,13H,2-3,6-7H2,1H3. The van der Waals surface area contributed by atoms with E-state index in [2.05, 4.69) is 17.2 Å². The molecule has 0 aliphatic heterocycles. The average molecular weight is 207 g/mol. The lowest BCUT2D eigenvalue weighted by molar-refractivity contribution is 0.434. The van der Waals surface area contributed by atoms with E-state index in [0.29, 0.717) is 5.92 Å². The number of nitrogens with one attached hydrogen (secondary N) is 1. The minimum atomic E-state index is 0.0308. The number of aromatic nitrogens is 2. The minimum Gasteiger partial charge on any atom is -0.314 e. The highest BCUT2D eigenvalue weighted by atomic mass is 16.1. The Morgan fingerprint density at radius 3 is 3.13 bits per heavy atom. The molecular formula is C11H17N3O. The Labute approximate surface area is 89.3 Å². The van der Waals surface area contributed by atoms with Crippen LogP contribution in [0.5, 0.6) is 0 Å². The monoisotopic (exact) mass is 207 g/mol. The molecule has 1 saturated carbocycles. The first-order chi connectivity index (χ1) is 7.25. The van der Waals surface area contributed by atoms with Gasteiger partial charge in [0.2, 0.25) is 0 Å². The normalized spacial score (nSPS) is 17.7. The van der Waals surface area contributed by atoms with Crippen LogP contribution < -0.4 is 10.9 Å². The van der Waals surface area contributed by atoms with E-state index in [9.17, 15) is 4.79 Å². The maximum Gasteiger partial charge on any atom is 0.253 e. The molecule has 1 aromatic heterocycles. The van der Waals surface area contributed by atoms with Gasteiger partial charge in [-0.15, -0.1) is 0 Å². The van der Waals surface area contributed by atoms with Crippen molar-refractivity contribution >= 4 is 0 Å². The van der Waals surface area contributed by atoms with E-state index < -0.39 is 0 Å². The van der Waals surface area contributed by atoms with Crippen LogP contribution in [0, 0.1) is 5.92 Å². The Morgan fingerprint density at radius 1 is 1.67 bits per heavy atom. The molecule has 1 aliphatic rings. The first-order valence-electron chi connectivity index (χ1n) is 5.49. The van der Waals surface area contributed by atoms with Gasteiger partial charge >= 0.3 is 0 Å². The maximum absolute atomic E-state index is 11.4. The summed E-state index contributed by atoms with van der Waals surface area (Å²) in [4.78, 5) is 15.4. The molecule has 1 fully saturated rings. The zero-order valence-electron chi connectivity index (χ0n) is 9.02. The summed E-state index contributed by atoms with van der Waals surface area (Å²) in [7, 11) is 0. The molecule has 0 aromatic carbocycles. The molecule has 1 atom stereocenters. The van der Waals surface area contributed by atoms with Crippen molar-refractivity contribution in [1.29, 1.82) is 0 Å². The lowest BCUT2D eigenvalue weighted by Gasteiger charge is -2.13. The van der Waals surface area contributed by atoms with E-state index in [0.717, 1.165) is 19.1 Å². The molecule has 82 valence electrons. The fourth-order valence-electron chi connectivity index (χ4n) is 1.57. The zero-order valence-corrected chi connectivity index (χ0v) is 9.02. The maximum atomic E-state index is 11.4. The fraction of sp³-hybridized carbons (Fsp3) is 0.636. The Balaban J connectivity index is 1.84. The molecule has 0 bridgehead atoms. The van der Waals surface area contributed by atoms with E-state index in [4.69, 9.17) is 0 Å². The summed E-state index contributed by atoms with van der Waals surface area (Å²) >= 11 is 0. The minimum absolute atomic E-state index is 0.0308. The molecule has 0 radical (unpaired) electrons. The van der Waals surface area contributed by atoms with Gasteiger partial charge in [0, 0.05) is 24.8 Å². The highest BCUT2D eigenvalue weighted by Crippen LogP contribution is 2.18. The SMILES string of the molecule is CC(CNC1CC1)Cn1cnccc1=O. The number of hydrogen-bond acceptors (Lipinski definition) is 3. The predicted molar refractivity (Wildman–Crippen MR) is 58.7 cm³/mol. The molecule has 4 nitrogen and oxygen atoms in total. The van der Waals surface area contributed by atoms with Gasteiger partial charge in [-0.25, -0.2) is 4.98 Å². The van der Waals surface area contributed by atoms with E-state index in [1.54, 1.807) is 10.9 Å². The van der Waals surface area contributed by atoms with E-state index in [1.807, 2.05) is 0 Å². The van der Waals surface area contributed by atoms with Gasteiger partial charge in [0.05, 0.1) is 6.33 Å². The van der Waals surface area contributed by atoms with Crippen molar-refractivity contribution in [2.24, 2.45) is 5.92 Å². The second-order valence-corrected chi connectivity index (χ2v) is 4.36. The van der Waals surface area contributed by atoms with Crippen LogP contribution in [0.15, 0.2) is 23.4 Å². The summed E-state index contributed by atoms with van der Waals surface area (Å²) in [5.74, 6) is 0.465. The summed E-state index contributed by atoms with van der Waals surface area (Å²) in [5, 5.41) is 3.46. The highest BCUT2D eigenvalue weighted by Gasteiger charge is 2.20. The molecule has 2 rings (SSSR count). The van der Waals surface area contributed by atoms with Crippen molar-refractivity contribution in [2.75, 3.05) is 6.54 Å². The second kappa shape index (κ2) is 4.57. The first-order valence-corrected chi connectivity index (χ1v) is 5.49. The number of nitrogens with zero attached hydrogens (tertiary/aromatic N) is 2. The van der Waals surface area contributed by atoms with Gasteiger partial charge in [0.15, 0.2) is 0 Å². The molecule has 0 saturated heterocycles. The predicted octanol–water partition coefficient (Wildman–Crippen LogP) is 0.631. The van der Waals surface area contributed by atoms with Crippen molar-refractivity contribution in [1.82, 2.24) is 14.9 Å². The molecule has 1 heterocycles. The zero-order chi connectivity index (χ0) is 10.7. The second-order valence-electron chi connectivity index (χ2n) is 4.36. The van der Waals surface area contributed by atoms with E-state index in [-0.39, 0.29) is 5.56 Å². The summed E-state index contributed by atoms with van der Waals surface area (Å²) in [6.45, 7) is 3.87. The largest absolute Gasteiger partial charge is 0.314 e. The van der Waals surface area contributed by atoms with Crippen molar-refractivity contribution in [3.8, 4) is 0 Å². The Kier molecular flexibility index (Phi) is 3.16. The molecule has 0 amide bonds. The summed E-state index contributed by atoms with van der Waals surface area (Å²) in [6.07, 6.45) is 5.75. The molecule has 0 spiro atoms. The summed E-state index contributed by atoms with van der Waals surface area (Å²) in [6, 6.07) is 2.24. The van der Waals surface area contributed by atoms with Gasteiger partial charge in [-0.2, -0.15) is 0 Å². The lowest BCUT2D eigenvalue weighted by atomic mass is 10.2. The van der Waals surface area contributed by atoms with Crippen LogP contribution in [0.25, 0.3) is 0 Å². The Hall–Kier alpha value is -1.16. The Bertz CT molecular complexity index is 370. The van der Waals surface area contributed by atoms with Gasteiger partial charge in [0.1, 0.15) is 0 Å². The van der Waals surface area contributed by atoms with Crippen LogP contribution in [0.2, 0.25) is 0 Å². The van der Waals surface area contributed by atoms with Crippen LogP contribution in [-0.4, -0.2) is 22.1 Å². The number of rotatable bonds is 5. The fourth-order valence-corrected chi connectivity index (χ4v) is 1.57. The van der Waals surface area contributed by atoms with Crippen LogP contribution in [-0.2, 0) is 6.54 Å². The van der Waals surface area contributed by atoms with Crippen LogP contribution >= 0.6 is 0 Å². The molecule has 1 unspecified atom stereocenters. The third-order valence-electron chi connectivity index (χ3n) is 2.63. The van der Waals surface area contributed by atoms with Gasteiger partial charge in [0.25, 0.3) is 5.56 Å². The van der Waals surface area contributed by atoms with Crippen LogP contribution in [0.1, 0.15) is 19.8 Å². The van der Waals surface area contributed by atoms with Crippen molar-refractivity contribution in [2.45, 2.75) is 32.4 Å². The molecule has 1 aromatic rings. The van der Waals surface area contributed by atoms with Gasteiger partial charge in [-0.05, 0) is 25.3 Å². The van der Waals surface area contributed by atoms with E-state index >= 15 is 0 Å². The molecule has 15 heavy (non-hydrogen) atoms. The van der Waals surface area contributed by atoms with Gasteiger partial charge in [-0.3, -0.25) is 9.36 Å².